The van der Waals surface area contributed by atoms with Crippen molar-refractivity contribution in [3.8, 4) is 11.1 Å². The number of esters is 1. The van der Waals surface area contributed by atoms with Crippen molar-refractivity contribution in [1.82, 2.24) is 19.2 Å². The van der Waals surface area contributed by atoms with E-state index < -0.39 is 0 Å². The second-order valence-corrected chi connectivity index (χ2v) is 5.35. The maximum atomic E-state index is 12.0. The summed E-state index contributed by atoms with van der Waals surface area (Å²) in [5, 5.41) is 4.17. The van der Waals surface area contributed by atoms with E-state index in [1.165, 1.54) is 0 Å². The lowest BCUT2D eigenvalue weighted by molar-refractivity contribution is 0.0526. The molecule has 3 aromatic rings. The molecule has 0 N–H and O–H groups in total. The van der Waals surface area contributed by atoms with Gasteiger partial charge in [-0.2, -0.15) is 5.10 Å². The monoisotopic (exact) mass is 348 g/mol. The summed E-state index contributed by atoms with van der Waals surface area (Å²) in [6.07, 6.45) is 7.04. The zero-order chi connectivity index (χ0) is 15.0. The van der Waals surface area contributed by atoms with E-state index >= 15 is 0 Å². The molecule has 108 valence electrons. The number of hydrogen-bond acceptors (Lipinski definition) is 4. The highest BCUT2D eigenvalue weighted by Crippen LogP contribution is 2.27. The van der Waals surface area contributed by atoms with Crippen molar-refractivity contribution in [3.05, 3.63) is 41.0 Å². The highest BCUT2D eigenvalue weighted by molar-refractivity contribution is 9.10. The van der Waals surface area contributed by atoms with Gasteiger partial charge in [-0.3, -0.25) is 9.08 Å². The van der Waals surface area contributed by atoms with E-state index in [1.807, 2.05) is 17.6 Å². The number of halogens is 1. The SMILES string of the molecule is CCOC(=O)c1cc(-c2cnn(C)c2)c2ncc(Br)n2c1. The molecule has 21 heavy (non-hydrogen) atoms. The van der Waals surface area contributed by atoms with Crippen LogP contribution in [0.2, 0.25) is 0 Å². The van der Waals surface area contributed by atoms with Gasteiger partial charge < -0.3 is 4.74 Å². The molecule has 3 heterocycles. The van der Waals surface area contributed by atoms with Crippen molar-refractivity contribution >= 4 is 27.5 Å². The number of carbonyl (C=O) groups excluding carboxylic acids is 1. The van der Waals surface area contributed by atoms with Crippen molar-refractivity contribution in [2.24, 2.45) is 7.05 Å². The molecule has 0 saturated heterocycles. The molecule has 0 radical (unpaired) electrons. The maximum absolute atomic E-state index is 12.0. The highest BCUT2D eigenvalue weighted by Gasteiger charge is 2.16. The van der Waals surface area contributed by atoms with Crippen LogP contribution in [-0.4, -0.2) is 31.7 Å². The molecular formula is C14H13BrN4O2. The van der Waals surface area contributed by atoms with Gasteiger partial charge >= 0.3 is 5.97 Å². The van der Waals surface area contributed by atoms with Crippen molar-refractivity contribution in [2.45, 2.75) is 6.92 Å². The fraction of sp³-hybridized carbons (Fsp3) is 0.214. The van der Waals surface area contributed by atoms with Gasteiger partial charge in [0.1, 0.15) is 10.3 Å². The Morgan fingerprint density at radius 2 is 2.19 bits per heavy atom. The van der Waals surface area contributed by atoms with Gasteiger partial charge in [0.2, 0.25) is 0 Å². The predicted molar refractivity (Wildman–Crippen MR) is 81.1 cm³/mol. The summed E-state index contributed by atoms with van der Waals surface area (Å²) < 4.78 is 9.38. The van der Waals surface area contributed by atoms with Crippen LogP contribution in [0.3, 0.4) is 0 Å². The molecule has 0 bridgehead atoms. The Balaban J connectivity index is 2.24. The van der Waals surface area contributed by atoms with Gasteiger partial charge in [-0.15, -0.1) is 0 Å². The number of imidazole rings is 1. The summed E-state index contributed by atoms with van der Waals surface area (Å²) in [7, 11) is 1.84. The molecule has 0 unspecified atom stereocenters. The lowest BCUT2D eigenvalue weighted by Gasteiger charge is -2.07. The summed E-state index contributed by atoms with van der Waals surface area (Å²) >= 11 is 3.43. The number of nitrogens with zero attached hydrogens (tertiary/aromatic N) is 4. The Hall–Kier alpha value is -2.15. The van der Waals surface area contributed by atoms with Crippen LogP contribution in [0.4, 0.5) is 0 Å². The molecule has 0 aliphatic rings. The fourth-order valence-electron chi connectivity index (χ4n) is 2.16. The van der Waals surface area contributed by atoms with Gasteiger partial charge in [0.15, 0.2) is 0 Å². The van der Waals surface area contributed by atoms with E-state index in [4.69, 9.17) is 4.74 Å². The molecule has 0 amide bonds. The summed E-state index contributed by atoms with van der Waals surface area (Å²) in [6, 6.07) is 1.78. The predicted octanol–water partition coefficient (Wildman–Crippen LogP) is 2.67. The van der Waals surface area contributed by atoms with E-state index in [0.29, 0.717) is 12.2 Å². The Morgan fingerprint density at radius 3 is 2.86 bits per heavy atom. The van der Waals surface area contributed by atoms with E-state index in [1.54, 1.807) is 36.3 Å². The summed E-state index contributed by atoms with van der Waals surface area (Å²) in [4.78, 5) is 16.4. The van der Waals surface area contributed by atoms with Crippen LogP contribution >= 0.6 is 15.9 Å². The van der Waals surface area contributed by atoms with Crippen LogP contribution in [0, 0.1) is 0 Å². The van der Waals surface area contributed by atoms with Gasteiger partial charge in [-0.25, -0.2) is 9.78 Å². The summed E-state index contributed by atoms with van der Waals surface area (Å²) in [6.45, 7) is 2.12. The van der Waals surface area contributed by atoms with Gasteiger partial charge in [0.25, 0.3) is 0 Å². The average molecular weight is 349 g/mol. The third-order valence-corrected chi connectivity index (χ3v) is 3.67. The number of pyridine rings is 1. The van der Waals surface area contributed by atoms with Crippen LogP contribution in [0.15, 0.2) is 35.5 Å². The Morgan fingerprint density at radius 1 is 1.38 bits per heavy atom. The average Bonchev–Trinajstić information content (AvgIpc) is 3.05. The maximum Gasteiger partial charge on any atom is 0.339 e. The normalized spacial score (nSPS) is 11.0. The third kappa shape index (κ3) is 2.44. The molecule has 0 saturated carbocycles. The number of aryl methyl sites for hydroxylation is 1. The van der Waals surface area contributed by atoms with Gasteiger partial charge in [0.05, 0.1) is 24.6 Å². The van der Waals surface area contributed by atoms with Crippen LogP contribution in [0.5, 0.6) is 0 Å². The van der Waals surface area contributed by atoms with Crippen molar-refractivity contribution in [3.63, 3.8) is 0 Å². The standard InChI is InChI=1S/C14H13BrN4O2/c1-3-21-14(20)9-4-11(10-5-17-18(2)7-10)13-16-6-12(15)19(13)8-9/h4-8H,3H2,1-2H3. The van der Waals surface area contributed by atoms with Crippen LogP contribution in [-0.2, 0) is 11.8 Å². The molecule has 0 fully saturated rings. The zero-order valence-corrected chi connectivity index (χ0v) is 13.2. The summed E-state index contributed by atoms with van der Waals surface area (Å²) in [5.41, 5.74) is 2.95. The Labute approximate surface area is 129 Å². The molecule has 6 nitrogen and oxygen atoms in total. The number of aromatic nitrogens is 4. The largest absolute Gasteiger partial charge is 0.462 e. The molecular weight excluding hydrogens is 336 g/mol. The first-order valence-corrected chi connectivity index (χ1v) is 7.22. The van der Waals surface area contributed by atoms with Crippen molar-refractivity contribution < 1.29 is 9.53 Å². The molecule has 0 aliphatic carbocycles. The zero-order valence-electron chi connectivity index (χ0n) is 11.6. The number of rotatable bonds is 3. The van der Waals surface area contributed by atoms with Crippen LogP contribution in [0.25, 0.3) is 16.8 Å². The molecule has 0 aliphatic heterocycles. The van der Waals surface area contributed by atoms with Crippen LogP contribution < -0.4 is 0 Å². The fourth-order valence-corrected chi connectivity index (χ4v) is 2.53. The number of carbonyl (C=O) groups is 1. The van der Waals surface area contributed by atoms with Crippen molar-refractivity contribution in [1.29, 1.82) is 0 Å². The second-order valence-electron chi connectivity index (χ2n) is 4.54. The first-order chi connectivity index (χ1) is 10.1. The van der Waals surface area contributed by atoms with E-state index in [9.17, 15) is 4.79 Å². The second kappa shape index (κ2) is 5.33. The minimum absolute atomic E-state index is 0.337. The Kier molecular flexibility index (Phi) is 3.50. The molecule has 3 rings (SSSR count). The number of ether oxygens (including phenoxy) is 1. The molecule has 0 aromatic carbocycles. The quantitative estimate of drug-likeness (QED) is 0.682. The third-order valence-electron chi connectivity index (χ3n) is 3.09. The van der Waals surface area contributed by atoms with E-state index in [-0.39, 0.29) is 5.97 Å². The van der Waals surface area contributed by atoms with Gasteiger partial charge in [-0.05, 0) is 28.9 Å². The lowest BCUT2D eigenvalue weighted by Crippen LogP contribution is -2.06. The van der Waals surface area contributed by atoms with Crippen molar-refractivity contribution in [2.75, 3.05) is 6.61 Å². The van der Waals surface area contributed by atoms with Gasteiger partial charge in [0, 0.05) is 30.6 Å². The van der Waals surface area contributed by atoms with Crippen LogP contribution in [0.1, 0.15) is 17.3 Å². The lowest BCUT2D eigenvalue weighted by atomic mass is 10.1. The molecule has 3 aromatic heterocycles. The molecule has 0 spiro atoms. The number of fused-ring (bicyclic) bond motifs is 1. The first-order valence-electron chi connectivity index (χ1n) is 6.43. The van der Waals surface area contributed by atoms with Gasteiger partial charge in [-0.1, -0.05) is 0 Å². The summed E-state index contributed by atoms with van der Waals surface area (Å²) in [5.74, 6) is -0.356. The topological polar surface area (TPSA) is 61.4 Å². The smallest absolute Gasteiger partial charge is 0.339 e. The molecule has 7 heteroatoms. The van der Waals surface area contributed by atoms with E-state index in [2.05, 4.69) is 26.0 Å². The Bertz CT molecular complexity index is 822. The minimum Gasteiger partial charge on any atom is -0.462 e. The minimum atomic E-state index is -0.356. The number of hydrogen-bond donors (Lipinski definition) is 0. The van der Waals surface area contributed by atoms with E-state index in [0.717, 1.165) is 21.4 Å². The molecule has 0 atom stereocenters. The highest BCUT2D eigenvalue weighted by atomic mass is 79.9. The first kappa shape index (κ1) is 13.8.